The Morgan fingerprint density at radius 2 is 1.12 bits per heavy atom. The third-order valence-electron chi connectivity index (χ3n) is 0.512. The summed E-state index contributed by atoms with van der Waals surface area (Å²) in [7, 11) is 0. The van der Waals surface area contributed by atoms with Gasteiger partial charge in [-0.1, -0.05) is 13.3 Å². The maximum atomic E-state index is 8.07. The quantitative estimate of drug-likeness (QED) is 0.339. The van der Waals surface area contributed by atoms with Crippen LogP contribution < -0.4 is 0 Å². The van der Waals surface area contributed by atoms with Gasteiger partial charge in [-0.3, -0.25) is 0 Å². The molecule has 6 heteroatoms. The van der Waals surface area contributed by atoms with E-state index in [1.54, 1.807) is 20.8 Å². The molecular weight excluding hydrogens is 248 g/mol. The molecule has 0 radical (unpaired) electrons. The van der Waals surface area contributed by atoms with Crippen LogP contribution in [-0.2, 0) is 0 Å². The minimum Gasteiger partial charge on any atom is -0.397 e. The van der Waals surface area contributed by atoms with Crippen LogP contribution in [0.4, 0.5) is 0 Å². The first-order valence-electron chi connectivity index (χ1n) is 5.23. The lowest BCUT2D eigenvalue weighted by atomic mass is 10.4. The minimum atomic E-state index is -0.472. The number of hydrogen-bond acceptors (Lipinski definition) is 6. The van der Waals surface area contributed by atoms with E-state index in [2.05, 4.69) is 32.2 Å². The van der Waals surface area contributed by atoms with Crippen LogP contribution in [-0.4, -0.2) is 44.5 Å². The third kappa shape index (κ3) is 413. The van der Waals surface area contributed by atoms with E-state index < -0.39 is 10.9 Å². The van der Waals surface area contributed by atoms with Gasteiger partial charge in [0, 0.05) is 13.2 Å². The Hall–Kier alpha value is 0.540. The van der Waals surface area contributed by atoms with Gasteiger partial charge in [0.15, 0.2) is 0 Å². The molecule has 16 heavy (non-hydrogen) atoms. The van der Waals surface area contributed by atoms with Gasteiger partial charge in [-0.15, -0.1) is 25.3 Å². The van der Waals surface area contributed by atoms with Crippen molar-refractivity contribution in [1.29, 1.82) is 0 Å². The summed E-state index contributed by atoms with van der Waals surface area (Å²) in [6, 6.07) is 0. The predicted molar refractivity (Wildman–Crippen MR) is 76.1 cm³/mol. The molecule has 0 aromatic heterocycles. The van der Waals surface area contributed by atoms with E-state index in [1.807, 2.05) is 0 Å². The molecule has 0 fully saturated rings. The fourth-order valence-corrected chi connectivity index (χ4v) is 0.158. The summed E-state index contributed by atoms with van der Waals surface area (Å²) >= 11 is 7.04. The fraction of sp³-hybridized carbons (Fsp3) is 1.00. The molecule has 0 bridgehead atoms. The van der Waals surface area contributed by atoms with Crippen LogP contribution in [0.5, 0.6) is 0 Å². The van der Waals surface area contributed by atoms with Gasteiger partial charge < -0.3 is 20.4 Å². The molecule has 0 aliphatic rings. The van der Waals surface area contributed by atoms with Crippen molar-refractivity contribution in [2.45, 2.75) is 51.4 Å². The van der Waals surface area contributed by atoms with Gasteiger partial charge in [0.05, 0.1) is 10.9 Å². The first-order valence-corrected chi connectivity index (χ1v) is 6.27. The van der Waals surface area contributed by atoms with E-state index in [-0.39, 0.29) is 6.61 Å². The monoisotopic (exact) mass is 276 g/mol. The van der Waals surface area contributed by atoms with E-state index in [0.29, 0.717) is 6.61 Å². The molecular formula is C10H28O4S2. The molecule has 0 rings (SSSR count). The van der Waals surface area contributed by atoms with Crippen LogP contribution in [0.2, 0.25) is 0 Å². The molecule has 4 N–H and O–H groups in total. The second kappa shape index (κ2) is 29.6. The van der Waals surface area contributed by atoms with E-state index >= 15 is 0 Å². The Morgan fingerprint density at radius 3 is 1.12 bits per heavy atom. The molecule has 104 valence electrons. The Kier molecular flexibility index (Phi) is 46.9. The number of unbranched alkanes of at least 4 members (excludes halogenated alkanes) is 1. The molecule has 0 saturated heterocycles. The number of rotatable bonds is 2. The summed E-state index contributed by atoms with van der Waals surface area (Å²) in [6.07, 6.45) is 2.04. The second-order valence-corrected chi connectivity index (χ2v) is 4.15. The minimum absolute atomic E-state index is 0.250. The van der Waals surface area contributed by atoms with E-state index in [9.17, 15) is 0 Å². The molecule has 2 unspecified atom stereocenters. The van der Waals surface area contributed by atoms with Gasteiger partial charge in [0.1, 0.15) is 0 Å². The SMILES string of the molecule is CC(O)S.CC(O)S.CCCCO.CCO. The van der Waals surface area contributed by atoms with Gasteiger partial charge in [0.25, 0.3) is 0 Å². The fourth-order valence-electron chi connectivity index (χ4n) is 0.158. The van der Waals surface area contributed by atoms with E-state index in [4.69, 9.17) is 20.4 Å². The number of aliphatic hydroxyl groups excluding tert-OH is 4. The molecule has 0 aromatic rings. The Bertz CT molecular complexity index is 69.7. The third-order valence-corrected chi connectivity index (χ3v) is 0.512. The van der Waals surface area contributed by atoms with Crippen molar-refractivity contribution < 1.29 is 20.4 Å². The van der Waals surface area contributed by atoms with Crippen molar-refractivity contribution in [3.8, 4) is 0 Å². The van der Waals surface area contributed by atoms with Gasteiger partial charge in [-0.25, -0.2) is 0 Å². The van der Waals surface area contributed by atoms with Gasteiger partial charge in [-0.05, 0) is 27.2 Å². The molecule has 0 aliphatic carbocycles. The summed E-state index contributed by atoms with van der Waals surface area (Å²) in [5.74, 6) is 0. The Labute approximate surface area is 111 Å². The van der Waals surface area contributed by atoms with Crippen molar-refractivity contribution in [2.75, 3.05) is 13.2 Å². The summed E-state index contributed by atoms with van der Waals surface area (Å²) in [4.78, 5) is 0. The van der Waals surface area contributed by atoms with Crippen molar-refractivity contribution in [3.05, 3.63) is 0 Å². The molecule has 0 aromatic carbocycles. The van der Waals surface area contributed by atoms with Crippen molar-refractivity contribution in [1.82, 2.24) is 0 Å². The summed E-state index contributed by atoms with van der Waals surface area (Å²) < 4.78 is 0. The molecule has 0 heterocycles. The van der Waals surface area contributed by atoms with Crippen LogP contribution in [0.3, 0.4) is 0 Å². The second-order valence-electron chi connectivity index (χ2n) is 2.66. The van der Waals surface area contributed by atoms with E-state index in [1.165, 1.54) is 0 Å². The molecule has 0 aliphatic heterocycles. The zero-order chi connectivity index (χ0) is 14.0. The maximum absolute atomic E-state index is 8.07. The molecule has 0 spiro atoms. The molecule has 2 atom stereocenters. The van der Waals surface area contributed by atoms with Gasteiger partial charge in [-0.2, -0.15) is 0 Å². The van der Waals surface area contributed by atoms with E-state index in [0.717, 1.165) is 12.8 Å². The van der Waals surface area contributed by atoms with Gasteiger partial charge in [0.2, 0.25) is 0 Å². The largest absolute Gasteiger partial charge is 0.397 e. The molecule has 0 amide bonds. The van der Waals surface area contributed by atoms with Crippen LogP contribution in [0.1, 0.15) is 40.5 Å². The van der Waals surface area contributed by atoms with Crippen LogP contribution in [0.25, 0.3) is 0 Å². The maximum Gasteiger partial charge on any atom is 0.0936 e. The first-order chi connectivity index (χ1) is 7.29. The lowest BCUT2D eigenvalue weighted by Gasteiger charge is -1.79. The molecule has 4 nitrogen and oxygen atoms in total. The van der Waals surface area contributed by atoms with Crippen molar-refractivity contribution in [3.63, 3.8) is 0 Å². The average Bonchev–Trinajstić information content (AvgIpc) is 2.04. The van der Waals surface area contributed by atoms with Crippen LogP contribution in [0, 0.1) is 0 Å². The summed E-state index contributed by atoms with van der Waals surface area (Å²) in [5.41, 5.74) is -0.944. The average molecular weight is 276 g/mol. The predicted octanol–water partition coefficient (Wildman–Crippen LogP) is 1.29. The Balaban J connectivity index is -0.0000000610. The topological polar surface area (TPSA) is 80.9 Å². The normalized spacial score (nSPS) is 11.6. The van der Waals surface area contributed by atoms with Crippen molar-refractivity contribution >= 4 is 25.3 Å². The number of aliphatic hydroxyl groups is 4. The highest BCUT2D eigenvalue weighted by atomic mass is 32.1. The molecule has 0 saturated carbocycles. The highest BCUT2D eigenvalue weighted by molar-refractivity contribution is 7.80. The van der Waals surface area contributed by atoms with Crippen LogP contribution >= 0.6 is 25.3 Å². The zero-order valence-corrected chi connectivity index (χ0v) is 12.5. The summed E-state index contributed by atoms with van der Waals surface area (Å²) in [5, 5.41) is 31.5. The summed E-state index contributed by atoms with van der Waals surface area (Å²) in [6.45, 7) is 7.50. The lowest BCUT2D eigenvalue weighted by molar-refractivity contribution is 0.286. The Morgan fingerprint density at radius 1 is 0.938 bits per heavy atom. The number of thiol groups is 2. The lowest BCUT2D eigenvalue weighted by Crippen LogP contribution is -1.79. The highest BCUT2D eigenvalue weighted by Crippen LogP contribution is 1.79. The van der Waals surface area contributed by atoms with Gasteiger partial charge >= 0.3 is 0 Å². The van der Waals surface area contributed by atoms with Crippen molar-refractivity contribution in [2.24, 2.45) is 0 Å². The van der Waals surface area contributed by atoms with Crippen LogP contribution in [0.15, 0.2) is 0 Å². The smallest absolute Gasteiger partial charge is 0.0936 e. The standard InChI is InChI=1S/C4H10O.2C2H6OS.C2H6O/c1-2-3-4-5;2*1-2(3)4;1-2-3/h5H,2-4H2,1H3;2*2-4H,1H3;3H,2H2,1H3. The first kappa shape index (κ1) is 25.4. The highest BCUT2D eigenvalue weighted by Gasteiger charge is 1.70. The number of hydrogen-bond donors (Lipinski definition) is 6. The zero-order valence-electron chi connectivity index (χ0n) is 10.7.